The van der Waals surface area contributed by atoms with Gasteiger partial charge in [0.1, 0.15) is 11.4 Å². The van der Waals surface area contributed by atoms with Crippen molar-refractivity contribution in [3.8, 4) is 0 Å². The number of aliphatic hydroxyl groups excluding tert-OH is 1. The summed E-state index contributed by atoms with van der Waals surface area (Å²) < 4.78 is 5.26. The van der Waals surface area contributed by atoms with E-state index in [1.54, 1.807) is 24.2 Å². The van der Waals surface area contributed by atoms with E-state index in [1.165, 1.54) is 6.42 Å². The van der Waals surface area contributed by atoms with Crippen molar-refractivity contribution in [2.45, 2.75) is 59.2 Å². The highest BCUT2D eigenvalue weighted by Gasteiger charge is 2.22. The number of nitrogens with zero attached hydrogens (tertiary/aromatic N) is 3. The molecule has 1 aromatic heterocycles. The number of aryl methyl sites for hydroxylation is 1. The Hall–Kier alpha value is -0.990. The summed E-state index contributed by atoms with van der Waals surface area (Å²) in [4.78, 5) is 21.1. The van der Waals surface area contributed by atoms with Gasteiger partial charge in [-0.1, -0.05) is 0 Å². The van der Waals surface area contributed by atoms with E-state index in [1.807, 2.05) is 20.8 Å². The molecule has 1 aromatic rings. The molecule has 0 aromatic carbocycles. The molecule has 1 aliphatic heterocycles. The molecule has 0 saturated carbocycles. The lowest BCUT2D eigenvalue weighted by Crippen LogP contribution is -2.39. The summed E-state index contributed by atoms with van der Waals surface area (Å²) in [6.45, 7) is 9.23. The van der Waals surface area contributed by atoms with Gasteiger partial charge in [-0.05, 0) is 47.0 Å². The smallest absolute Gasteiger partial charge is 0.410 e. The fourth-order valence-electron chi connectivity index (χ4n) is 1.90. The number of carbonyl (C=O) groups excluding carboxylic acids is 1. The summed E-state index contributed by atoms with van der Waals surface area (Å²) in [7, 11) is 0. The van der Waals surface area contributed by atoms with Crippen LogP contribution in [0.3, 0.4) is 0 Å². The van der Waals surface area contributed by atoms with Gasteiger partial charge >= 0.3 is 6.09 Å². The van der Waals surface area contributed by atoms with Crippen LogP contribution in [0.25, 0.3) is 0 Å². The Morgan fingerprint density at radius 2 is 1.67 bits per heavy atom. The Balaban J connectivity index is 0. The van der Waals surface area contributed by atoms with Crippen molar-refractivity contribution in [2.24, 2.45) is 0 Å². The molecule has 0 radical (unpaired) electrons. The van der Waals surface area contributed by atoms with Gasteiger partial charge in [0.15, 0.2) is 0 Å². The van der Waals surface area contributed by atoms with Crippen LogP contribution in [-0.4, -0.2) is 44.8 Å². The monoisotopic (exact) mass is 377 g/mol. The van der Waals surface area contributed by atoms with Crippen molar-refractivity contribution < 1.29 is 14.6 Å². The maximum atomic E-state index is 11.5. The first-order valence-corrected chi connectivity index (χ1v) is 7.68. The standard InChI is InChI=1S/C10H19NO2.C6H8N2O.2H2S/c1-10(2,3)13-9(12)11-7-5-4-6-8-11;1-5-7-2-6(4-9)3-8-5;;/h4-8H2,1-3H3;2-3,9H,4H2,1H3;2*1H2. The van der Waals surface area contributed by atoms with Crippen LogP contribution in [0, 0.1) is 6.92 Å². The predicted molar refractivity (Wildman–Crippen MR) is 105 cm³/mol. The van der Waals surface area contributed by atoms with Gasteiger partial charge in [0.05, 0.1) is 6.61 Å². The van der Waals surface area contributed by atoms with E-state index in [-0.39, 0.29) is 45.3 Å². The lowest BCUT2D eigenvalue weighted by Gasteiger charge is -2.29. The Kier molecular flexibility index (Phi) is 13.0. The van der Waals surface area contributed by atoms with Gasteiger partial charge in [-0.25, -0.2) is 14.8 Å². The second-order valence-electron chi connectivity index (χ2n) is 6.32. The molecule has 24 heavy (non-hydrogen) atoms. The Morgan fingerprint density at radius 1 is 1.17 bits per heavy atom. The van der Waals surface area contributed by atoms with Crippen molar-refractivity contribution >= 4 is 33.1 Å². The summed E-state index contributed by atoms with van der Waals surface area (Å²) in [5, 5.41) is 8.55. The first-order valence-electron chi connectivity index (χ1n) is 7.68. The van der Waals surface area contributed by atoms with Crippen molar-refractivity contribution in [2.75, 3.05) is 13.1 Å². The molecule has 1 N–H and O–H groups in total. The minimum atomic E-state index is -0.367. The van der Waals surface area contributed by atoms with Crippen molar-refractivity contribution in [3.63, 3.8) is 0 Å². The lowest BCUT2D eigenvalue weighted by molar-refractivity contribution is 0.0216. The van der Waals surface area contributed by atoms with Gasteiger partial charge in [0.25, 0.3) is 0 Å². The number of hydrogen-bond donors (Lipinski definition) is 1. The summed E-state index contributed by atoms with van der Waals surface area (Å²) in [5.41, 5.74) is 0.384. The van der Waals surface area contributed by atoms with Crippen LogP contribution < -0.4 is 0 Å². The van der Waals surface area contributed by atoms with Crippen LogP contribution >= 0.6 is 27.0 Å². The molecule has 0 atom stereocenters. The first kappa shape index (κ1) is 25.3. The number of amides is 1. The Bertz CT molecular complexity index is 459. The summed E-state index contributed by atoms with van der Waals surface area (Å²) >= 11 is 0. The van der Waals surface area contributed by atoms with Gasteiger partial charge in [0, 0.05) is 31.0 Å². The Labute approximate surface area is 158 Å². The third kappa shape index (κ3) is 10.7. The zero-order chi connectivity index (χ0) is 16.6. The highest BCUT2D eigenvalue weighted by Crippen LogP contribution is 2.14. The minimum absolute atomic E-state index is 0. The molecule has 1 saturated heterocycles. The average molecular weight is 378 g/mol. The molecule has 6 nitrogen and oxygen atoms in total. The van der Waals surface area contributed by atoms with Crippen molar-refractivity contribution in [1.29, 1.82) is 0 Å². The van der Waals surface area contributed by atoms with E-state index in [0.29, 0.717) is 0 Å². The maximum absolute atomic E-state index is 11.5. The van der Waals surface area contributed by atoms with Crippen LogP contribution in [0.15, 0.2) is 12.4 Å². The second-order valence-corrected chi connectivity index (χ2v) is 6.32. The van der Waals surface area contributed by atoms with Crippen molar-refractivity contribution in [1.82, 2.24) is 14.9 Å². The zero-order valence-corrected chi connectivity index (χ0v) is 17.0. The van der Waals surface area contributed by atoms with E-state index >= 15 is 0 Å². The van der Waals surface area contributed by atoms with Crippen LogP contribution in [0.5, 0.6) is 0 Å². The summed E-state index contributed by atoms with van der Waals surface area (Å²) in [6.07, 6.45) is 6.52. The van der Waals surface area contributed by atoms with Gasteiger partial charge in [0.2, 0.25) is 0 Å². The lowest BCUT2D eigenvalue weighted by atomic mass is 10.1. The third-order valence-electron chi connectivity index (χ3n) is 3.02. The van der Waals surface area contributed by atoms with Gasteiger partial charge in [-0.15, -0.1) is 0 Å². The van der Waals surface area contributed by atoms with Gasteiger partial charge < -0.3 is 14.7 Å². The fraction of sp³-hybridized carbons (Fsp3) is 0.688. The van der Waals surface area contributed by atoms with E-state index < -0.39 is 0 Å². The van der Waals surface area contributed by atoms with E-state index in [0.717, 1.165) is 37.3 Å². The number of rotatable bonds is 1. The highest BCUT2D eigenvalue weighted by molar-refractivity contribution is 7.59. The van der Waals surface area contributed by atoms with Gasteiger partial charge in [-0.2, -0.15) is 27.0 Å². The molecule has 0 bridgehead atoms. The van der Waals surface area contributed by atoms with Gasteiger partial charge in [-0.3, -0.25) is 0 Å². The highest BCUT2D eigenvalue weighted by atomic mass is 32.1. The normalized spacial score (nSPS) is 13.6. The number of aliphatic hydroxyl groups is 1. The number of likely N-dealkylation sites (tertiary alicyclic amines) is 1. The zero-order valence-electron chi connectivity index (χ0n) is 15.0. The molecule has 0 aliphatic carbocycles. The summed E-state index contributed by atoms with van der Waals surface area (Å²) in [6, 6.07) is 0. The van der Waals surface area contributed by atoms with E-state index in [9.17, 15) is 4.79 Å². The topological polar surface area (TPSA) is 75.5 Å². The van der Waals surface area contributed by atoms with E-state index in [4.69, 9.17) is 9.84 Å². The molecule has 1 fully saturated rings. The fourth-order valence-corrected chi connectivity index (χ4v) is 1.90. The molecular weight excluding hydrogens is 346 g/mol. The minimum Gasteiger partial charge on any atom is -0.444 e. The molecular formula is C16H31N3O3S2. The van der Waals surface area contributed by atoms with Crippen LogP contribution in [0.2, 0.25) is 0 Å². The van der Waals surface area contributed by atoms with Crippen LogP contribution in [0.1, 0.15) is 51.4 Å². The molecule has 140 valence electrons. The quantitative estimate of drug-likeness (QED) is 0.814. The Morgan fingerprint density at radius 3 is 2.08 bits per heavy atom. The first-order chi connectivity index (χ1) is 10.3. The number of piperidine rings is 1. The number of aromatic nitrogens is 2. The van der Waals surface area contributed by atoms with Crippen molar-refractivity contribution in [3.05, 3.63) is 23.8 Å². The molecule has 0 unspecified atom stereocenters. The maximum Gasteiger partial charge on any atom is 0.410 e. The molecule has 8 heteroatoms. The molecule has 1 amide bonds. The predicted octanol–water partition coefficient (Wildman–Crippen LogP) is 2.91. The summed E-state index contributed by atoms with van der Waals surface area (Å²) in [5.74, 6) is 0.729. The average Bonchev–Trinajstić information content (AvgIpc) is 2.48. The van der Waals surface area contributed by atoms with Crippen LogP contribution in [-0.2, 0) is 11.3 Å². The molecule has 2 heterocycles. The third-order valence-corrected chi connectivity index (χ3v) is 3.02. The number of carbonyl (C=O) groups is 1. The molecule has 0 spiro atoms. The molecule has 1 aliphatic rings. The second kappa shape index (κ2) is 12.4. The van der Waals surface area contributed by atoms with Crippen LogP contribution in [0.4, 0.5) is 4.79 Å². The van der Waals surface area contributed by atoms with E-state index in [2.05, 4.69) is 9.97 Å². The SMILES string of the molecule is CC(C)(C)OC(=O)N1CCCCC1.Cc1ncc(CO)cn1.S.S. The number of hydrogen-bond acceptors (Lipinski definition) is 5. The number of ether oxygens (including phenoxy) is 1. The largest absolute Gasteiger partial charge is 0.444 e. The molecule has 2 rings (SSSR count).